The van der Waals surface area contributed by atoms with Crippen molar-refractivity contribution >= 4 is 21.8 Å². The Balaban J connectivity index is 1.21. The van der Waals surface area contributed by atoms with Crippen molar-refractivity contribution in [1.82, 2.24) is 25.1 Å². The quantitative estimate of drug-likeness (QED) is 0.226. The van der Waals surface area contributed by atoms with E-state index in [0.29, 0.717) is 6.61 Å². The number of benzene rings is 3. The monoisotopic (exact) mass is 531 g/mol. The molecule has 1 saturated heterocycles. The van der Waals surface area contributed by atoms with E-state index in [-0.39, 0.29) is 5.82 Å². The average Bonchev–Trinajstić information content (AvgIpc) is 3.71. The van der Waals surface area contributed by atoms with Crippen LogP contribution in [0.5, 0.6) is 5.75 Å². The van der Waals surface area contributed by atoms with Crippen molar-refractivity contribution in [2.75, 3.05) is 26.2 Å². The van der Waals surface area contributed by atoms with Crippen molar-refractivity contribution in [3.63, 3.8) is 0 Å². The van der Waals surface area contributed by atoms with Gasteiger partial charge in [0.2, 0.25) is 0 Å². The predicted octanol–water partition coefficient (Wildman–Crippen LogP) is 7.36. The number of hydrogen-bond acceptors (Lipinski definition) is 4. The summed E-state index contributed by atoms with van der Waals surface area (Å²) in [5.41, 5.74) is 8.43. The Morgan fingerprint density at radius 2 is 1.77 bits per heavy atom. The number of nitrogens with zero attached hydrogens (tertiary/aromatic N) is 3. The Hall–Kier alpha value is -4.49. The van der Waals surface area contributed by atoms with Crippen LogP contribution >= 0.6 is 0 Å². The van der Waals surface area contributed by atoms with Crippen molar-refractivity contribution in [1.29, 1.82) is 0 Å². The van der Waals surface area contributed by atoms with Crippen LogP contribution in [0, 0.1) is 12.7 Å². The molecule has 2 N–H and O–H groups in total. The van der Waals surface area contributed by atoms with Gasteiger partial charge in [0.1, 0.15) is 23.9 Å². The number of rotatable bonds is 7. The lowest BCUT2D eigenvalue weighted by Crippen LogP contribution is -2.25. The van der Waals surface area contributed by atoms with Crippen LogP contribution in [0.4, 0.5) is 4.39 Å². The van der Waals surface area contributed by atoms with Crippen LogP contribution < -0.4 is 4.74 Å². The molecule has 1 fully saturated rings. The van der Waals surface area contributed by atoms with E-state index in [9.17, 15) is 4.39 Å². The fraction of sp³-hybridized carbons (Fsp3) is 0.212. The molecule has 4 heterocycles. The van der Waals surface area contributed by atoms with Crippen molar-refractivity contribution in [3.05, 3.63) is 90.5 Å². The van der Waals surface area contributed by atoms with E-state index in [2.05, 4.69) is 43.3 Å². The molecule has 0 aliphatic carbocycles. The smallest absolute Gasteiger partial charge is 0.138 e. The predicted molar refractivity (Wildman–Crippen MR) is 158 cm³/mol. The molecule has 7 rings (SSSR count). The number of pyridine rings is 1. The van der Waals surface area contributed by atoms with Gasteiger partial charge in [0.25, 0.3) is 0 Å². The SMILES string of the molecule is Cc1cc(F)cc(-c2cccc3[nH]c(-c4n[nH]c5ccc(-c6cncc(OCCN7CCCC7)c6)cc45)cc23)c1. The number of nitrogens with one attached hydrogen (secondary N) is 2. The van der Waals surface area contributed by atoms with Gasteiger partial charge in [-0.1, -0.05) is 24.3 Å². The summed E-state index contributed by atoms with van der Waals surface area (Å²) in [5, 5.41) is 9.87. The summed E-state index contributed by atoms with van der Waals surface area (Å²) >= 11 is 0. The van der Waals surface area contributed by atoms with Crippen molar-refractivity contribution in [2.24, 2.45) is 0 Å². The summed E-state index contributed by atoms with van der Waals surface area (Å²) in [6, 6.07) is 21.6. The van der Waals surface area contributed by atoms with Gasteiger partial charge >= 0.3 is 0 Å². The second-order valence-corrected chi connectivity index (χ2v) is 10.6. The van der Waals surface area contributed by atoms with Gasteiger partial charge in [-0.25, -0.2) is 4.39 Å². The molecule has 0 amide bonds. The molecule has 1 aliphatic rings. The van der Waals surface area contributed by atoms with Gasteiger partial charge in [0.05, 0.1) is 17.4 Å². The lowest BCUT2D eigenvalue weighted by atomic mass is 9.99. The van der Waals surface area contributed by atoms with E-state index >= 15 is 0 Å². The topological polar surface area (TPSA) is 69.8 Å². The Labute approximate surface area is 231 Å². The first-order valence-corrected chi connectivity index (χ1v) is 13.8. The number of hydrogen-bond donors (Lipinski definition) is 2. The standard InChI is InChI=1S/C33H30FN5O/c1-21-13-23(15-25(34)14-21)27-5-4-6-30-28(27)18-32(36-30)33-29-17-22(7-8-31(29)37-38-33)24-16-26(20-35-19-24)40-12-11-39-9-2-3-10-39/h4-8,13-20,36H,2-3,9-12H2,1H3,(H,37,38). The first-order chi connectivity index (χ1) is 19.6. The van der Waals surface area contributed by atoms with Crippen molar-refractivity contribution in [3.8, 4) is 39.4 Å². The Bertz CT molecular complexity index is 1810. The molecular weight excluding hydrogens is 501 g/mol. The highest BCUT2D eigenvalue weighted by atomic mass is 19.1. The lowest BCUT2D eigenvalue weighted by molar-refractivity contribution is 0.237. The van der Waals surface area contributed by atoms with Crippen molar-refractivity contribution in [2.45, 2.75) is 19.8 Å². The molecule has 7 heteroatoms. The first-order valence-electron chi connectivity index (χ1n) is 13.8. The summed E-state index contributed by atoms with van der Waals surface area (Å²) < 4.78 is 20.2. The van der Waals surface area contributed by atoms with E-state index in [1.54, 1.807) is 18.3 Å². The largest absolute Gasteiger partial charge is 0.491 e. The Morgan fingerprint density at radius 1 is 0.875 bits per heavy atom. The summed E-state index contributed by atoms with van der Waals surface area (Å²) in [6.45, 7) is 5.84. The van der Waals surface area contributed by atoms with Crippen molar-refractivity contribution < 1.29 is 9.13 Å². The van der Waals surface area contributed by atoms with E-state index in [1.165, 1.54) is 12.8 Å². The molecule has 1 aliphatic heterocycles. The van der Waals surface area contributed by atoms with Gasteiger partial charge in [-0.2, -0.15) is 5.10 Å². The highest BCUT2D eigenvalue weighted by Crippen LogP contribution is 2.36. The summed E-state index contributed by atoms with van der Waals surface area (Å²) in [4.78, 5) is 10.4. The average molecular weight is 532 g/mol. The Morgan fingerprint density at radius 3 is 2.65 bits per heavy atom. The number of ether oxygens (including phenoxy) is 1. The molecule has 0 spiro atoms. The molecule has 0 radical (unpaired) electrons. The Kier molecular flexibility index (Phi) is 6.28. The third kappa shape index (κ3) is 4.73. The minimum absolute atomic E-state index is 0.232. The summed E-state index contributed by atoms with van der Waals surface area (Å²) in [7, 11) is 0. The second-order valence-electron chi connectivity index (χ2n) is 10.6. The van der Waals surface area contributed by atoms with E-state index in [1.807, 2.05) is 49.5 Å². The maximum atomic E-state index is 14.2. The van der Waals surface area contributed by atoms with Gasteiger partial charge in [0, 0.05) is 34.6 Å². The third-order valence-corrected chi connectivity index (χ3v) is 7.76. The number of H-pyrrole nitrogens is 2. The van der Waals surface area contributed by atoms with Gasteiger partial charge < -0.3 is 9.72 Å². The molecule has 6 nitrogen and oxygen atoms in total. The van der Waals surface area contributed by atoms with Crippen LogP contribution in [0.1, 0.15) is 18.4 Å². The molecule has 3 aromatic heterocycles. The van der Waals surface area contributed by atoms with Crippen LogP contribution in [0.3, 0.4) is 0 Å². The molecule has 0 bridgehead atoms. The van der Waals surface area contributed by atoms with Gasteiger partial charge in [-0.05, 0) is 97.6 Å². The van der Waals surface area contributed by atoms with Gasteiger partial charge in [-0.3, -0.25) is 15.0 Å². The minimum atomic E-state index is -0.232. The summed E-state index contributed by atoms with van der Waals surface area (Å²) in [5.74, 6) is 0.545. The van der Waals surface area contributed by atoms with Crippen LogP contribution in [0.25, 0.3) is 55.4 Å². The fourth-order valence-corrected chi connectivity index (χ4v) is 5.78. The second kappa shape index (κ2) is 10.2. The number of aromatic nitrogens is 4. The number of aromatic amines is 2. The third-order valence-electron chi connectivity index (χ3n) is 7.76. The van der Waals surface area contributed by atoms with Crippen LogP contribution in [-0.2, 0) is 0 Å². The fourth-order valence-electron chi connectivity index (χ4n) is 5.78. The number of likely N-dealkylation sites (tertiary alicyclic amines) is 1. The van der Waals surface area contributed by atoms with Gasteiger partial charge in [-0.15, -0.1) is 0 Å². The molecule has 3 aromatic carbocycles. The minimum Gasteiger partial charge on any atom is -0.491 e. The molecule has 0 unspecified atom stereocenters. The first kappa shape index (κ1) is 24.5. The highest BCUT2D eigenvalue weighted by Gasteiger charge is 2.15. The molecule has 6 aromatic rings. The summed E-state index contributed by atoms with van der Waals surface area (Å²) in [6.07, 6.45) is 6.20. The zero-order valence-corrected chi connectivity index (χ0v) is 22.4. The molecule has 0 saturated carbocycles. The number of halogens is 1. The van der Waals surface area contributed by atoms with Crippen LogP contribution in [0.15, 0.2) is 79.1 Å². The number of aryl methyl sites for hydroxylation is 1. The lowest BCUT2D eigenvalue weighted by Gasteiger charge is -2.15. The van der Waals surface area contributed by atoms with Crippen LogP contribution in [0.2, 0.25) is 0 Å². The maximum Gasteiger partial charge on any atom is 0.138 e. The van der Waals surface area contributed by atoms with Crippen LogP contribution in [-0.4, -0.2) is 51.3 Å². The van der Waals surface area contributed by atoms with Gasteiger partial charge in [0.15, 0.2) is 0 Å². The number of fused-ring (bicyclic) bond motifs is 2. The van der Waals surface area contributed by atoms with E-state index in [4.69, 9.17) is 4.74 Å². The zero-order chi connectivity index (χ0) is 27.1. The zero-order valence-electron chi connectivity index (χ0n) is 22.4. The normalized spacial score (nSPS) is 13.9. The molecular formula is C33H30FN5O. The molecule has 0 atom stereocenters. The van der Waals surface area contributed by atoms with E-state index in [0.717, 1.165) is 86.4 Å². The molecule has 200 valence electrons. The molecule has 40 heavy (non-hydrogen) atoms. The van der Waals surface area contributed by atoms with E-state index < -0.39 is 0 Å². The highest BCUT2D eigenvalue weighted by molar-refractivity contribution is 6.01. The maximum absolute atomic E-state index is 14.2.